The van der Waals surface area contributed by atoms with E-state index in [1.54, 1.807) is 0 Å². The van der Waals surface area contributed by atoms with Gasteiger partial charge in [-0.25, -0.2) is 0 Å². The van der Waals surface area contributed by atoms with E-state index in [0.717, 1.165) is 43.0 Å². The highest BCUT2D eigenvalue weighted by atomic mass is 16.7. The van der Waals surface area contributed by atoms with E-state index >= 15 is 0 Å². The average molecular weight is 223 g/mol. The number of nitrogens with one attached hydrogen (secondary N) is 1. The summed E-state index contributed by atoms with van der Waals surface area (Å²) in [6.45, 7) is 1.51. The Morgan fingerprint density at radius 3 is 2.88 bits per heavy atom. The minimum absolute atomic E-state index is 0.282. The maximum atomic E-state index is 8.64. The molecule has 4 heteroatoms. The summed E-state index contributed by atoms with van der Waals surface area (Å²) in [5, 5.41) is 12.0. The Kier molecular flexibility index (Phi) is 3.88. The van der Waals surface area contributed by atoms with E-state index in [1.807, 2.05) is 18.2 Å². The molecule has 0 atom stereocenters. The van der Waals surface area contributed by atoms with Crippen molar-refractivity contribution in [3.63, 3.8) is 0 Å². The molecule has 88 valence electrons. The predicted molar refractivity (Wildman–Crippen MR) is 62.0 cm³/mol. The van der Waals surface area contributed by atoms with Gasteiger partial charge in [-0.2, -0.15) is 0 Å². The third-order valence-electron chi connectivity index (χ3n) is 2.54. The summed E-state index contributed by atoms with van der Waals surface area (Å²) in [6.07, 6.45) is 2.99. The van der Waals surface area contributed by atoms with Crippen LogP contribution in [0.1, 0.15) is 19.3 Å². The van der Waals surface area contributed by atoms with E-state index in [9.17, 15) is 0 Å². The molecule has 1 aromatic rings. The maximum absolute atomic E-state index is 8.64. The molecule has 0 amide bonds. The van der Waals surface area contributed by atoms with Gasteiger partial charge in [0.05, 0.1) is 0 Å². The van der Waals surface area contributed by atoms with Crippen LogP contribution in [0.25, 0.3) is 0 Å². The first-order valence-corrected chi connectivity index (χ1v) is 5.64. The molecule has 16 heavy (non-hydrogen) atoms. The van der Waals surface area contributed by atoms with Gasteiger partial charge in [0.1, 0.15) is 0 Å². The minimum Gasteiger partial charge on any atom is -0.454 e. The lowest BCUT2D eigenvalue weighted by molar-refractivity contribution is 0.174. The van der Waals surface area contributed by atoms with Gasteiger partial charge >= 0.3 is 0 Å². The largest absolute Gasteiger partial charge is 0.454 e. The van der Waals surface area contributed by atoms with Crippen molar-refractivity contribution in [1.29, 1.82) is 0 Å². The molecule has 0 saturated heterocycles. The number of aliphatic hydroxyl groups is 1. The highest BCUT2D eigenvalue weighted by Crippen LogP contribution is 2.34. The van der Waals surface area contributed by atoms with Crippen molar-refractivity contribution in [2.45, 2.75) is 19.3 Å². The molecule has 1 aliphatic heterocycles. The minimum atomic E-state index is 0.282. The van der Waals surface area contributed by atoms with Crippen LogP contribution >= 0.6 is 0 Å². The Balaban J connectivity index is 1.77. The van der Waals surface area contributed by atoms with Gasteiger partial charge in [0.2, 0.25) is 6.79 Å². The van der Waals surface area contributed by atoms with E-state index in [0.29, 0.717) is 6.79 Å². The second-order valence-electron chi connectivity index (χ2n) is 3.78. The zero-order valence-corrected chi connectivity index (χ0v) is 9.24. The van der Waals surface area contributed by atoms with Crippen LogP contribution in [0.4, 0.5) is 5.69 Å². The molecule has 1 aromatic carbocycles. The number of anilines is 1. The number of benzene rings is 1. The topological polar surface area (TPSA) is 50.7 Å². The molecule has 2 rings (SSSR count). The van der Waals surface area contributed by atoms with E-state index in [4.69, 9.17) is 14.6 Å². The number of unbranched alkanes of at least 4 members (excludes halogenated alkanes) is 2. The quantitative estimate of drug-likeness (QED) is 0.724. The first kappa shape index (κ1) is 11.1. The van der Waals surface area contributed by atoms with Crippen LogP contribution < -0.4 is 14.8 Å². The van der Waals surface area contributed by atoms with Crippen molar-refractivity contribution in [1.82, 2.24) is 0 Å². The standard InChI is InChI=1S/C12H17NO3/c14-7-3-1-2-6-13-10-4-5-11-12(8-10)16-9-15-11/h4-5,8,13-14H,1-3,6-7,9H2. The van der Waals surface area contributed by atoms with Crippen LogP contribution in [0, 0.1) is 0 Å². The molecular formula is C12H17NO3. The highest BCUT2D eigenvalue weighted by molar-refractivity contribution is 5.55. The third-order valence-corrected chi connectivity index (χ3v) is 2.54. The smallest absolute Gasteiger partial charge is 0.231 e. The summed E-state index contributed by atoms with van der Waals surface area (Å²) in [5.74, 6) is 1.62. The molecular weight excluding hydrogens is 206 g/mol. The molecule has 0 unspecified atom stereocenters. The Labute approximate surface area is 95.2 Å². The van der Waals surface area contributed by atoms with Crippen molar-refractivity contribution < 1.29 is 14.6 Å². The van der Waals surface area contributed by atoms with Crippen molar-refractivity contribution in [2.24, 2.45) is 0 Å². The summed E-state index contributed by atoms with van der Waals surface area (Å²) in [7, 11) is 0. The molecule has 0 spiro atoms. The Morgan fingerprint density at radius 1 is 1.12 bits per heavy atom. The molecule has 1 aliphatic rings. The van der Waals surface area contributed by atoms with Crippen LogP contribution in [0.5, 0.6) is 11.5 Å². The summed E-state index contributed by atoms with van der Waals surface area (Å²) < 4.78 is 10.5. The van der Waals surface area contributed by atoms with Crippen molar-refractivity contribution in [3.8, 4) is 11.5 Å². The van der Waals surface area contributed by atoms with Gasteiger partial charge in [-0.05, 0) is 31.4 Å². The number of ether oxygens (including phenoxy) is 2. The van der Waals surface area contributed by atoms with E-state index < -0.39 is 0 Å². The lowest BCUT2D eigenvalue weighted by Crippen LogP contribution is -2.01. The van der Waals surface area contributed by atoms with Crippen LogP contribution in [0.2, 0.25) is 0 Å². The molecule has 0 bridgehead atoms. The summed E-state index contributed by atoms with van der Waals surface area (Å²) in [5.41, 5.74) is 1.05. The number of aliphatic hydroxyl groups excluding tert-OH is 1. The second kappa shape index (κ2) is 5.61. The zero-order valence-electron chi connectivity index (χ0n) is 9.24. The lowest BCUT2D eigenvalue weighted by Gasteiger charge is -2.06. The fourth-order valence-corrected chi connectivity index (χ4v) is 1.65. The molecule has 1 heterocycles. The number of hydrogen-bond donors (Lipinski definition) is 2. The Hall–Kier alpha value is -1.42. The van der Waals surface area contributed by atoms with Gasteiger partial charge < -0.3 is 19.9 Å². The Morgan fingerprint density at radius 2 is 2.00 bits per heavy atom. The van der Waals surface area contributed by atoms with Gasteiger partial charge in [-0.15, -0.1) is 0 Å². The molecule has 2 N–H and O–H groups in total. The third kappa shape index (κ3) is 2.79. The number of rotatable bonds is 6. The molecule has 0 fully saturated rings. The van der Waals surface area contributed by atoms with Crippen LogP contribution in [-0.4, -0.2) is 25.1 Å². The van der Waals surface area contributed by atoms with E-state index in [-0.39, 0.29) is 6.61 Å². The lowest BCUT2D eigenvalue weighted by atomic mass is 10.2. The van der Waals surface area contributed by atoms with Crippen molar-refractivity contribution in [2.75, 3.05) is 25.3 Å². The summed E-state index contributed by atoms with van der Waals surface area (Å²) in [4.78, 5) is 0. The summed E-state index contributed by atoms with van der Waals surface area (Å²) >= 11 is 0. The second-order valence-corrected chi connectivity index (χ2v) is 3.78. The summed E-state index contributed by atoms with van der Waals surface area (Å²) in [6, 6.07) is 5.85. The number of fused-ring (bicyclic) bond motifs is 1. The van der Waals surface area contributed by atoms with Gasteiger partial charge in [-0.1, -0.05) is 0 Å². The van der Waals surface area contributed by atoms with E-state index in [2.05, 4.69) is 5.32 Å². The first-order chi connectivity index (χ1) is 7.90. The van der Waals surface area contributed by atoms with Crippen molar-refractivity contribution in [3.05, 3.63) is 18.2 Å². The van der Waals surface area contributed by atoms with Crippen LogP contribution in [-0.2, 0) is 0 Å². The first-order valence-electron chi connectivity index (χ1n) is 5.64. The Bertz CT molecular complexity index is 341. The van der Waals surface area contributed by atoms with Gasteiger partial charge in [0, 0.05) is 24.9 Å². The fourth-order valence-electron chi connectivity index (χ4n) is 1.65. The molecule has 0 radical (unpaired) electrons. The SMILES string of the molecule is OCCCCCNc1ccc2c(c1)OCO2. The van der Waals surface area contributed by atoms with Gasteiger partial charge in [0.15, 0.2) is 11.5 Å². The molecule has 0 saturated carbocycles. The number of hydrogen-bond acceptors (Lipinski definition) is 4. The average Bonchev–Trinajstić information content (AvgIpc) is 2.76. The monoisotopic (exact) mass is 223 g/mol. The highest BCUT2D eigenvalue weighted by Gasteiger charge is 2.12. The fraction of sp³-hybridized carbons (Fsp3) is 0.500. The van der Waals surface area contributed by atoms with Gasteiger partial charge in [0.25, 0.3) is 0 Å². The normalized spacial score (nSPS) is 12.8. The zero-order chi connectivity index (χ0) is 11.2. The van der Waals surface area contributed by atoms with Gasteiger partial charge in [-0.3, -0.25) is 0 Å². The van der Waals surface area contributed by atoms with Crippen LogP contribution in [0.15, 0.2) is 18.2 Å². The maximum Gasteiger partial charge on any atom is 0.231 e. The van der Waals surface area contributed by atoms with Crippen LogP contribution in [0.3, 0.4) is 0 Å². The molecule has 4 nitrogen and oxygen atoms in total. The van der Waals surface area contributed by atoms with E-state index in [1.165, 1.54) is 0 Å². The molecule has 0 aromatic heterocycles. The predicted octanol–water partition coefficient (Wildman–Crippen LogP) is 1.99. The molecule has 0 aliphatic carbocycles. The van der Waals surface area contributed by atoms with Crippen molar-refractivity contribution >= 4 is 5.69 Å².